The van der Waals surface area contributed by atoms with E-state index in [-0.39, 0.29) is 0 Å². The molecule has 3 rings (SSSR count). The summed E-state index contributed by atoms with van der Waals surface area (Å²) >= 11 is 0. The van der Waals surface area contributed by atoms with Crippen LogP contribution in [0, 0.1) is 6.92 Å². The molecule has 1 aliphatic rings. The number of aryl methyl sites for hydroxylation is 3. The molecule has 3 heteroatoms. The lowest BCUT2D eigenvalue weighted by Gasteiger charge is -2.14. The summed E-state index contributed by atoms with van der Waals surface area (Å²) in [4.78, 5) is 4.35. The number of aromatic nitrogens is 2. The molecule has 1 N–H and O–H groups in total. The number of benzene rings is 1. The molecule has 2 aromatic rings. The van der Waals surface area contributed by atoms with Gasteiger partial charge in [-0.3, -0.25) is 0 Å². The summed E-state index contributed by atoms with van der Waals surface area (Å²) in [5.41, 5.74) is 4.32. The van der Waals surface area contributed by atoms with Crippen LogP contribution in [0.1, 0.15) is 35.0 Å². The summed E-state index contributed by atoms with van der Waals surface area (Å²) in [5.74, 6) is 1.09. The van der Waals surface area contributed by atoms with Gasteiger partial charge in [-0.1, -0.05) is 23.8 Å². The normalized spacial score (nSPS) is 18.0. The van der Waals surface area contributed by atoms with Crippen LogP contribution in [0.3, 0.4) is 0 Å². The van der Waals surface area contributed by atoms with Crippen molar-refractivity contribution < 1.29 is 0 Å². The molecule has 1 atom stereocenters. The zero-order valence-corrected chi connectivity index (χ0v) is 11.0. The van der Waals surface area contributed by atoms with Gasteiger partial charge in [-0.2, -0.15) is 0 Å². The van der Waals surface area contributed by atoms with Gasteiger partial charge in [0.05, 0.1) is 6.54 Å². The molecule has 3 nitrogen and oxygen atoms in total. The Morgan fingerprint density at radius 1 is 1.44 bits per heavy atom. The van der Waals surface area contributed by atoms with E-state index in [0.717, 1.165) is 12.4 Å². The summed E-state index contributed by atoms with van der Waals surface area (Å²) in [6.07, 6.45) is 6.23. The average molecular weight is 241 g/mol. The number of rotatable bonds is 3. The Balaban J connectivity index is 1.73. The predicted molar refractivity (Wildman–Crippen MR) is 72.3 cm³/mol. The molecule has 1 aromatic carbocycles. The second kappa shape index (κ2) is 4.58. The molecule has 0 aliphatic heterocycles. The van der Waals surface area contributed by atoms with Crippen molar-refractivity contribution in [2.24, 2.45) is 7.05 Å². The third-order valence-corrected chi connectivity index (χ3v) is 3.81. The van der Waals surface area contributed by atoms with Gasteiger partial charge >= 0.3 is 0 Å². The highest BCUT2D eigenvalue weighted by Crippen LogP contribution is 2.31. The first-order valence-corrected chi connectivity index (χ1v) is 6.53. The van der Waals surface area contributed by atoms with Gasteiger partial charge in [0.25, 0.3) is 0 Å². The molecule has 1 heterocycles. The third kappa shape index (κ3) is 2.06. The summed E-state index contributed by atoms with van der Waals surface area (Å²) in [6.45, 7) is 3.00. The van der Waals surface area contributed by atoms with Crippen LogP contribution in [0.25, 0.3) is 0 Å². The largest absolute Gasteiger partial charge is 0.337 e. The van der Waals surface area contributed by atoms with E-state index in [9.17, 15) is 0 Å². The molecule has 0 fully saturated rings. The maximum atomic E-state index is 4.35. The van der Waals surface area contributed by atoms with Crippen LogP contribution in [0.5, 0.6) is 0 Å². The lowest BCUT2D eigenvalue weighted by molar-refractivity contribution is 0.512. The van der Waals surface area contributed by atoms with Gasteiger partial charge < -0.3 is 9.88 Å². The number of hydrogen-bond acceptors (Lipinski definition) is 2. The van der Waals surface area contributed by atoms with Gasteiger partial charge in [0.1, 0.15) is 5.82 Å². The number of nitrogens with zero attached hydrogens (tertiary/aromatic N) is 2. The first-order valence-electron chi connectivity index (χ1n) is 6.53. The third-order valence-electron chi connectivity index (χ3n) is 3.81. The van der Waals surface area contributed by atoms with Crippen LogP contribution in [0.2, 0.25) is 0 Å². The van der Waals surface area contributed by atoms with Gasteiger partial charge in [0.2, 0.25) is 0 Å². The van der Waals surface area contributed by atoms with Crippen molar-refractivity contribution >= 4 is 0 Å². The Morgan fingerprint density at radius 3 is 3.11 bits per heavy atom. The molecule has 0 saturated carbocycles. The Hall–Kier alpha value is -1.61. The predicted octanol–water partition coefficient (Wildman–Crippen LogP) is 2.51. The highest BCUT2D eigenvalue weighted by atomic mass is 15.1. The lowest BCUT2D eigenvalue weighted by Crippen LogP contribution is -2.20. The van der Waals surface area contributed by atoms with Crippen molar-refractivity contribution in [3.63, 3.8) is 0 Å². The molecule has 0 spiro atoms. The minimum Gasteiger partial charge on any atom is -0.337 e. The first-order chi connectivity index (χ1) is 8.74. The van der Waals surface area contributed by atoms with Gasteiger partial charge in [0.15, 0.2) is 0 Å². The first kappa shape index (κ1) is 11.5. The summed E-state index contributed by atoms with van der Waals surface area (Å²) in [5, 5.41) is 3.62. The van der Waals surface area contributed by atoms with Crippen molar-refractivity contribution in [1.82, 2.24) is 14.9 Å². The average Bonchev–Trinajstić information content (AvgIpc) is 2.93. The summed E-state index contributed by atoms with van der Waals surface area (Å²) in [7, 11) is 2.04. The number of hydrogen-bond donors (Lipinski definition) is 1. The van der Waals surface area contributed by atoms with Crippen LogP contribution in [0.4, 0.5) is 0 Å². The fourth-order valence-electron chi connectivity index (χ4n) is 2.72. The smallest absolute Gasteiger partial charge is 0.122 e. The molecule has 18 heavy (non-hydrogen) atoms. The van der Waals surface area contributed by atoms with E-state index in [1.54, 1.807) is 0 Å². The van der Waals surface area contributed by atoms with Crippen molar-refractivity contribution in [3.05, 3.63) is 53.1 Å². The van der Waals surface area contributed by atoms with Crippen molar-refractivity contribution in [1.29, 1.82) is 0 Å². The highest BCUT2D eigenvalue weighted by molar-refractivity contribution is 5.37. The number of imidazole rings is 1. The highest BCUT2D eigenvalue weighted by Gasteiger charge is 2.22. The molecule has 0 radical (unpaired) electrons. The van der Waals surface area contributed by atoms with E-state index >= 15 is 0 Å². The van der Waals surface area contributed by atoms with Crippen molar-refractivity contribution in [3.8, 4) is 0 Å². The minimum atomic E-state index is 0.483. The van der Waals surface area contributed by atoms with Crippen LogP contribution >= 0.6 is 0 Å². The lowest BCUT2D eigenvalue weighted by atomic mass is 10.1. The zero-order chi connectivity index (χ0) is 12.5. The van der Waals surface area contributed by atoms with E-state index in [1.165, 1.54) is 29.5 Å². The van der Waals surface area contributed by atoms with E-state index in [0.29, 0.717) is 6.04 Å². The van der Waals surface area contributed by atoms with E-state index in [1.807, 2.05) is 19.4 Å². The Labute approximate surface area is 108 Å². The van der Waals surface area contributed by atoms with Crippen LogP contribution < -0.4 is 5.32 Å². The Morgan fingerprint density at radius 2 is 2.33 bits per heavy atom. The number of fused-ring (bicyclic) bond motifs is 1. The van der Waals surface area contributed by atoms with Crippen LogP contribution in [-0.4, -0.2) is 9.55 Å². The van der Waals surface area contributed by atoms with Gasteiger partial charge in [0, 0.05) is 25.5 Å². The molecule has 94 valence electrons. The molecular weight excluding hydrogens is 222 g/mol. The summed E-state index contributed by atoms with van der Waals surface area (Å²) < 4.78 is 2.07. The molecular formula is C15H19N3. The quantitative estimate of drug-likeness (QED) is 0.894. The maximum Gasteiger partial charge on any atom is 0.122 e. The SMILES string of the molecule is Cc1ccc2c(c1)C(NCc1nccn1C)CC2. The Kier molecular flexibility index (Phi) is 2.92. The van der Waals surface area contributed by atoms with E-state index in [4.69, 9.17) is 0 Å². The van der Waals surface area contributed by atoms with E-state index < -0.39 is 0 Å². The van der Waals surface area contributed by atoms with Gasteiger partial charge in [-0.25, -0.2) is 4.98 Å². The molecule has 0 saturated heterocycles. The standard InChI is InChI=1S/C15H19N3/c1-11-3-4-12-5-6-14(13(12)9-11)17-10-15-16-7-8-18(15)2/h3-4,7-9,14,17H,5-6,10H2,1-2H3. The van der Waals surface area contributed by atoms with Crippen LogP contribution in [0.15, 0.2) is 30.6 Å². The van der Waals surface area contributed by atoms with Gasteiger partial charge in [-0.15, -0.1) is 0 Å². The minimum absolute atomic E-state index is 0.483. The van der Waals surface area contributed by atoms with Gasteiger partial charge in [-0.05, 0) is 30.9 Å². The zero-order valence-electron chi connectivity index (χ0n) is 11.0. The second-order valence-corrected chi connectivity index (χ2v) is 5.13. The molecule has 1 aliphatic carbocycles. The van der Waals surface area contributed by atoms with Crippen molar-refractivity contribution in [2.75, 3.05) is 0 Å². The monoisotopic (exact) mass is 241 g/mol. The Bertz CT molecular complexity index is 557. The molecule has 0 amide bonds. The van der Waals surface area contributed by atoms with Crippen LogP contribution in [-0.2, 0) is 20.0 Å². The summed E-state index contributed by atoms with van der Waals surface area (Å²) in [6, 6.07) is 7.28. The topological polar surface area (TPSA) is 29.9 Å². The maximum absolute atomic E-state index is 4.35. The molecule has 0 bridgehead atoms. The number of nitrogens with one attached hydrogen (secondary N) is 1. The molecule has 1 unspecified atom stereocenters. The van der Waals surface area contributed by atoms with E-state index in [2.05, 4.69) is 40.0 Å². The molecule has 1 aromatic heterocycles. The van der Waals surface area contributed by atoms with Crippen molar-refractivity contribution in [2.45, 2.75) is 32.4 Å². The fourth-order valence-corrected chi connectivity index (χ4v) is 2.72. The fraction of sp³-hybridized carbons (Fsp3) is 0.400. The second-order valence-electron chi connectivity index (χ2n) is 5.13.